The van der Waals surface area contributed by atoms with E-state index < -0.39 is 0 Å². The Bertz CT molecular complexity index is 322. The zero-order chi connectivity index (χ0) is 10.2. The van der Waals surface area contributed by atoms with Gasteiger partial charge in [-0.1, -0.05) is 12.1 Å². The summed E-state index contributed by atoms with van der Waals surface area (Å²) in [7, 11) is 1.96. The van der Waals surface area contributed by atoms with Crippen molar-refractivity contribution < 1.29 is 4.39 Å². The summed E-state index contributed by atoms with van der Waals surface area (Å²) in [6.45, 7) is 1.98. The number of aryl methyl sites for hydroxylation is 1. The van der Waals surface area contributed by atoms with E-state index in [0.29, 0.717) is 0 Å². The summed E-state index contributed by atoms with van der Waals surface area (Å²) in [5.74, 6) is -0.0634. The summed E-state index contributed by atoms with van der Waals surface area (Å²) in [4.78, 5) is 0. The van der Waals surface area contributed by atoms with Crippen molar-refractivity contribution in [1.29, 1.82) is 0 Å². The highest BCUT2D eigenvalue weighted by Gasteiger charge is 2.41. The number of likely N-dealkylation sites (N-methyl/N-ethyl adjacent to an activating group) is 1. The van der Waals surface area contributed by atoms with Gasteiger partial charge in [0, 0.05) is 5.54 Å². The largest absolute Gasteiger partial charge is 0.314 e. The molecule has 1 nitrogen and oxygen atoms in total. The van der Waals surface area contributed by atoms with E-state index in [2.05, 4.69) is 5.32 Å². The molecule has 0 amide bonds. The quantitative estimate of drug-likeness (QED) is 0.777. The van der Waals surface area contributed by atoms with Crippen LogP contribution in [-0.4, -0.2) is 12.6 Å². The van der Waals surface area contributed by atoms with Crippen LogP contribution >= 0.6 is 0 Å². The molecule has 0 unspecified atom stereocenters. The fraction of sp³-hybridized carbons (Fsp3) is 0.500. The Morgan fingerprint density at radius 3 is 2.64 bits per heavy atom. The van der Waals surface area contributed by atoms with E-state index in [1.54, 1.807) is 12.1 Å². The molecule has 2 rings (SSSR count). The standard InChI is InChI=1S/C12H16FN/c1-9-4-3-5-11(13)10(9)8-12(14-2)6-7-12/h3-5,14H,6-8H2,1-2H3. The monoisotopic (exact) mass is 193 g/mol. The van der Waals surface area contributed by atoms with Gasteiger partial charge in [0.05, 0.1) is 0 Å². The topological polar surface area (TPSA) is 12.0 Å². The maximum atomic E-state index is 13.5. The summed E-state index contributed by atoms with van der Waals surface area (Å²) in [6.07, 6.45) is 3.15. The van der Waals surface area contributed by atoms with Crippen LogP contribution in [-0.2, 0) is 6.42 Å². The molecule has 0 aromatic heterocycles. The van der Waals surface area contributed by atoms with Crippen molar-refractivity contribution in [1.82, 2.24) is 5.32 Å². The molecule has 0 saturated heterocycles. The van der Waals surface area contributed by atoms with Crippen LogP contribution in [0.2, 0.25) is 0 Å². The van der Waals surface area contributed by atoms with E-state index in [1.807, 2.05) is 20.0 Å². The lowest BCUT2D eigenvalue weighted by Gasteiger charge is -2.16. The Hall–Kier alpha value is -0.890. The molecular weight excluding hydrogens is 177 g/mol. The zero-order valence-corrected chi connectivity index (χ0v) is 8.73. The SMILES string of the molecule is CNC1(Cc2c(C)cccc2F)CC1. The van der Waals surface area contributed by atoms with Gasteiger partial charge in [0.2, 0.25) is 0 Å². The molecule has 1 aromatic rings. The Balaban J connectivity index is 2.24. The van der Waals surface area contributed by atoms with Crippen LogP contribution in [0.25, 0.3) is 0 Å². The van der Waals surface area contributed by atoms with Gasteiger partial charge in [-0.2, -0.15) is 0 Å². The van der Waals surface area contributed by atoms with Crippen molar-refractivity contribution in [2.24, 2.45) is 0 Å². The van der Waals surface area contributed by atoms with E-state index in [1.165, 1.54) is 0 Å². The van der Waals surface area contributed by atoms with Gasteiger partial charge in [-0.3, -0.25) is 0 Å². The second kappa shape index (κ2) is 3.35. The minimum Gasteiger partial charge on any atom is -0.314 e. The Morgan fingerprint density at radius 1 is 1.43 bits per heavy atom. The van der Waals surface area contributed by atoms with Gasteiger partial charge < -0.3 is 5.32 Å². The molecule has 1 saturated carbocycles. The van der Waals surface area contributed by atoms with Crippen molar-refractivity contribution >= 4 is 0 Å². The van der Waals surface area contributed by atoms with E-state index in [9.17, 15) is 4.39 Å². The van der Waals surface area contributed by atoms with E-state index >= 15 is 0 Å². The van der Waals surface area contributed by atoms with Gasteiger partial charge in [0.1, 0.15) is 5.82 Å². The predicted molar refractivity (Wildman–Crippen MR) is 55.9 cm³/mol. The number of halogens is 1. The first kappa shape index (κ1) is 9.66. The van der Waals surface area contributed by atoms with Crippen LogP contribution in [0, 0.1) is 12.7 Å². The van der Waals surface area contributed by atoms with Crippen LogP contribution in [0.1, 0.15) is 24.0 Å². The number of rotatable bonds is 3. The number of benzene rings is 1. The van der Waals surface area contributed by atoms with Crippen molar-refractivity contribution in [3.8, 4) is 0 Å². The Labute approximate surface area is 84.3 Å². The summed E-state index contributed by atoms with van der Waals surface area (Å²) < 4.78 is 13.5. The molecule has 1 aliphatic rings. The van der Waals surface area contributed by atoms with Gasteiger partial charge in [0.25, 0.3) is 0 Å². The van der Waals surface area contributed by atoms with Crippen LogP contribution in [0.3, 0.4) is 0 Å². The summed E-state index contributed by atoms with van der Waals surface area (Å²) >= 11 is 0. The first-order chi connectivity index (χ1) is 6.67. The molecule has 14 heavy (non-hydrogen) atoms. The fourth-order valence-corrected chi connectivity index (χ4v) is 1.89. The first-order valence-corrected chi connectivity index (χ1v) is 5.10. The van der Waals surface area contributed by atoms with Crippen molar-refractivity contribution in [3.05, 3.63) is 35.1 Å². The maximum Gasteiger partial charge on any atom is 0.126 e. The highest BCUT2D eigenvalue weighted by Crippen LogP contribution is 2.39. The van der Waals surface area contributed by atoms with E-state index in [4.69, 9.17) is 0 Å². The molecule has 0 heterocycles. The predicted octanol–water partition coefficient (Wildman–Crippen LogP) is 2.43. The normalized spacial score (nSPS) is 18.2. The van der Waals surface area contributed by atoms with E-state index in [-0.39, 0.29) is 11.4 Å². The Kier molecular flexibility index (Phi) is 2.31. The third-order valence-electron chi connectivity index (χ3n) is 3.25. The highest BCUT2D eigenvalue weighted by atomic mass is 19.1. The molecule has 1 fully saturated rings. The van der Waals surface area contributed by atoms with Crippen molar-refractivity contribution in [3.63, 3.8) is 0 Å². The fourth-order valence-electron chi connectivity index (χ4n) is 1.89. The molecule has 0 bridgehead atoms. The van der Waals surface area contributed by atoms with Crippen LogP contribution in [0.5, 0.6) is 0 Å². The molecule has 0 atom stereocenters. The van der Waals surface area contributed by atoms with Crippen LogP contribution in [0.4, 0.5) is 4.39 Å². The lowest BCUT2D eigenvalue weighted by Crippen LogP contribution is -2.30. The molecule has 1 N–H and O–H groups in total. The van der Waals surface area contributed by atoms with Gasteiger partial charge >= 0.3 is 0 Å². The lowest BCUT2D eigenvalue weighted by molar-refractivity contribution is 0.522. The number of hydrogen-bond donors (Lipinski definition) is 1. The van der Waals surface area contributed by atoms with Crippen LogP contribution < -0.4 is 5.32 Å². The minimum atomic E-state index is -0.0634. The average molecular weight is 193 g/mol. The molecule has 2 heteroatoms. The molecule has 1 aromatic carbocycles. The average Bonchev–Trinajstić information content (AvgIpc) is 2.93. The molecule has 0 radical (unpaired) electrons. The minimum absolute atomic E-state index is 0.0634. The molecule has 0 aliphatic heterocycles. The van der Waals surface area contributed by atoms with Crippen LogP contribution in [0.15, 0.2) is 18.2 Å². The molecule has 1 aliphatic carbocycles. The smallest absolute Gasteiger partial charge is 0.126 e. The lowest BCUT2D eigenvalue weighted by atomic mass is 9.99. The summed E-state index contributed by atoms with van der Waals surface area (Å²) in [5.41, 5.74) is 2.12. The third-order valence-corrected chi connectivity index (χ3v) is 3.25. The second-order valence-corrected chi connectivity index (χ2v) is 4.24. The number of hydrogen-bond acceptors (Lipinski definition) is 1. The first-order valence-electron chi connectivity index (χ1n) is 5.10. The molecule has 76 valence electrons. The molecular formula is C12H16FN. The van der Waals surface area contributed by atoms with Gasteiger partial charge in [-0.05, 0) is 50.4 Å². The van der Waals surface area contributed by atoms with Crippen molar-refractivity contribution in [2.45, 2.75) is 31.7 Å². The maximum absolute atomic E-state index is 13.5. The third kappa shape index (κ3) is 1.67. The Morgan fingerprint density at radius 2 is 2.14 bits per heavy atom. The van der Waals surface area contributed by atoms with Gasteiger partial charge in [-0.15, -0.1) is 0 Å². The number of nitrogens with one attached hydrogen (secondary N) is 1. The second-order valence-electron chi connectivity index (χ2n) is 4.24. The van der Waals surface area contributed by atoms with Gasteiger partial charge in [-0.25, -0.2) is 4.39 Å². The zero-order valence-electron chi connectivity index (χ0n) is 8.73. The van der Waals surface area contributed by atoms with Crippen molar-refractivity contribution in [2.75, 3.05) is 7.05 Å². The summed E-state index contributed by atoms with van der Waals surface area (Å²) in [5, 5.41) is 3.29. The summed E-state index contributed by atoms with van der Waals surface area (Å²) in [6, 6.07) is 5.30. The highest BCUT2D eigenvalue weighted by molar-refractivity contribution is 5.30. The van der Waals surface area contributed by atoms with E-state index in [0.717, 1.165) is 30.4 Å². The molecule has 0 spiro atoms. The van der Waals surface area contributed by atoms with Gasteiger partial charge in [0.15, 0.2) is 0 Å².